The van der Waals surface area contributed by atoms with Gasteiger partial charge >= 0.3 is 6.01 Å². The second-order valence-electron chi connectivity index (χ2n) is 1.97. The Balaban J connectivity index is 2.86. The molecule has 0 amide bonds. The maximum absolute atomic E-state index is 8.45. The molecule has 0 unspecified atom stereocenters. The average Bonchev–Trinajstić information content (AvgIpc) is 2.10. The Morgan fingerprint density at radius 1 is 1.15 bits per heavy atom. The third-order valence-electron chi connectivity index (χ3n) is 1.07. The van der Waals surface area contributed by atoms with Crippen LogP contribution in [0.2, 0.25) is 15.3 Å². The number of aliphatic hydroxyl groups excluding tert-OH is 1. The molecule has 1 rings (SSSR count). The fourth-order valence-corrected chi connectivity index (χ4v) is 1.03. The molecule has 0 aromatic carbocycles. The van der Waals surface area contributed by atoms with Gasteiger partial charge in [0.2, 0.25) is 0 Å². The van der Waals surface area contributed by atoms with Crippen molar-refractivity contribution in [1.29, 1.82) is 0 Å². The monoisotopic (exact) mass is 242 g/mol. The fraction of sp³-hybridized carbons (Fsp3) is 0.333. The molecule has 0 atom stereocenters. The number of hydrogen-bond donors (Lipinski definition) is 1. The summed E-state index contributed by atoms with van der Waals surface area (Å²) < 4.78 is 4.87. The van der Waals surface area contributed by atoms with E-state index in [1.165, 1.54) is 0 Å². The fourth-order valence-electron chi connectivity index (χ4n) is 0.578. The van der Waals surface area contributed by atoms with Crippen LogP contribution in [0.3, 0.4) is 0 Å². The van der Waals surface area contributed by atoms with Crippen LogP contribution in [0, 0.1) is 0 Å². The molecule has 1 aromatic heterocycles. The topological polar surface area (TPSA) is 55.2 Å². The lowest BCUT2D eigenvalue weighted by Crippen LogP contribution is -2.05. The van der Waals surface area contributed by atoms with Crippen molar-refractivity contribution in [3.8, 4) is 6.01 Å². The maximum atomic E-state index is 8.45. The van der Waals surface area contributed by atoms with Gasteiger partial charge in [-0.15, -0.1) is 0 Å². The zero-order valence-electron chi connectivity index (χ0n) is 6.30. The molecule has 72 valence electrons. The minimum atomic E-state index is -0.138. The summed E-state index contributed by atoms with van der Waals surface area (Å²) in [7, 11) is 0. The highest BCUT2D eigenvalue weighted by molar-refractivity contribution is 6.46. The molecule has 1 heterocycles. The molecule has 0 aliphatic rings. The first-order valence-corrected chi connectivity index (χ1v) is 4.40. The third-order valence-corrected chi connectivity index (χ3v) is 2.17. The number of ether oxygens (including phenoxy) is 1. The Morgan fingerprint density at radius 2 is 1.69 bits per heavy atom. The van der Waals surface area contributed by atoms with Gasteiger partial charge in [0.05, 0.1) is 6.61 Å². The Labute approximate surface area is 89.4 Å². The highest BCUT2D eigenvalue weighted by Crippen LogP contribution is 2.28. The van der Waals surface area contributed by atoms with E-state index in [0.29, 0.717) is 0 Å². The Bertz CT molecular complexity index is 285. The molecule has 4 nitrogen and oxygen atoms in total. The van der Waals surface area contributed by atoms with Crippen LogP contribution in [0.25, 0.3) is 0 Å². The van der Waals surface area contributed by atoms with Gasteiger partial charge in [0.25, 0.3) is 0 Å². The summed E-state index contributed by atoms with van der Waals surface area (Å²) in [5.74, 6) is 0. The summed E-state index contributed by atoms with van der Waals surface area (Å²) in [6.45, 7) is -0.0600. The minimum absolute atomic E-state index is 0.00606. The predicted octanol–water partition coefficient (Wildman–Crippen LogP) is 1.81. The molecule has 0 saturated heterocycles. The van der Waals surface area contributed by atoms with Gasteiger partial charge in [0, 0.05) is 0 Å². The largest absolute Gasteiger partial charge is 0.461 e. The number of nitrogens with zero attached hydrogens (tertiary/aromatic N) is 2. The second kappa shape index (κ2) is 4.81. The maximum Gasteiger partial charge on any atom is 0.319 e. The standard InChI is InChI=1S/C6H5Cl3N2O2/c7-3-4(8)10-6(11-5(3)9)13-2-1-12/h12H,1-2H2. The highest BCUT2D eigenvalue weighted by Gasteiger charge is 2.09. The van der Waals surface area contributed by atoms with Crippen LogP contribution in [0.4, 0.5) is 0 Å². The molecule has 13 heavy (non-hydrogen) atoms. The Hall–Kier alpha value is -0.290. The van der Waals surface area contributed by atoms with Crippen molar-refractivity contribution in [3.05, 3.63) is 15.3 Å². The zero-order valence-corrected chi connectivity index (χ0v) is 8.57. The molecule has 0 aliphatic heterocycles. The van der Waals surface area contributed by atoms with Crippen molar-refractivity contribution in [2.75, 3.05) is 13.2 Å². The lowest BCUT2D eigenvalue weighted by atomic mass is 10.6. The zero-order chi connectivity index (χ0) is 9.84. The first-order valence-electron chi connectivity index (χ1n) is 3.27. The first-order chi connectivity index (χ1) is 6.15. The van der Waals surface area contributed by atoms with Crippen LogP contribution < -0.4 is 4.74 Å². The molecular formula is C6H5Cl3N2O2. The lowest BCUT2D eigenvalue weighted by Gasteiger charge is -2.03. The summed E-state index contributed by atoms with van der Waals surface area (Å²) >= 11 is 16.8. The number of aromatic nitrogens is 2. The number of rotatable bonds is 3. The van der Waals surface area contributed by atoms with Crippen LogP contribution >= 0.6 is 34.8 Å². The van der Waals surface area contributed by atoms with Crippen LogP contribution in [-0.4, -0.2) is 28.3 Å². The number of halogens is 3. The lowest BCUT2D eigenvalue weighted by molar-refractivity contribution is 0.191. The van der Waals surface area contributed by atoms with E-state index >= 15 is 0 Å². The van der Waals surface area contributed by atoms with Crippen LogP contribution in [0.1, 0.15) is 0 Å². The summed E-state index contributed by atoms with van der Waals surface area (Å²) in [5.41, 5.74) is 0. The molecule has 0 aliphatic carbocycles. The van der Waals surface area contributed by atoms with E-state index in [2.05, 4.69) is 9.97 Å². The van der Waals surface area contributed by atoms with E-state index in [1.54, 1.807) is 0 Å². The van der Waals surface area contributed by atoms with Crippen molar-refractivity contribution in [2.24, 2.45) is 0 Å². The number of aliphatic hydroxyl groups is 1. The summed E-state index contributed by atoms with van der Waals surface area (Å²) in [5, 5.41) is 8.58. The van der Waals surface area contributed by atoms with E-state index in [1.807, 2.05) is 0 Å². The number of hydrogen-bond acceptors (Lipinski definition) is 4. The van der Waals surface area contributed by atoms with Gasteiger partial charge in [-0.1, -0.05) is 34.8 Å². The van der Waals surface area contributed by atoms with Crippen LogP contribution in [0.15, 0.2) is 0 Å². The van der Waals surface area contributed by atoms with E-state index in [0.717, 1.165) is 0 Å². The van der Waals surface area contributed by atoms with E-state index in [4.69, 9.17) is 44.6 Å². The predicted molar refractivity (Wildman–Crippen MR) is 49.6 cm³/mol. The smallest absolute Gasteiger partial charge is 0.319 e. The molecule has 0 bridgehead atoms. The van der Waals surface area contributed by atoms with E-state index in [9.17, 15) is 0 Å². The van der Waals surface area contributed by atoms with Gasteiger partial charge in [-0.05, 0) is 0 Å². The van der Waals surface area contributed by atoms with Gasteiger partial charge in [-0.2, -0.15) is 9.97 Å². The Kier molecular flexibility index (Phi) is 3.99. The van der Waals surface area contributed by atoms with Crippen molar-refractivity contribution >= 4 is 34.8 Å². The SMILES string of the molecule is OCCOc1nc(Cl)c(Cl)c(Cl)n1. The molecule has 0 fully saturated rings. The quantitative estimate of drug-likeness (QED) is 0.823. The molecule has 0 spiro atoms. The molecule has 0 saturated carbocycles. The van der Waals surface area contributed by atoms with Crippen molar-refractivity contribution in [1.82, 2.24) is 9.97 Å². The van der Waals surface area contributed by atoms with Gasteiger partial charge in [0.15, 0.2) is 10.3 Å². The van der Waals surface area contributed by atoms with Crippen LogP contribution in [0.5, 0.6) is 6.01 Å². The molecular weight excluding hydrogens is 238 g/mol. The minimum Gasteiger partial charge on any atom is -0.461 e. The molecule has 1 aromatic rings. The highest BCUT2D eigenvalue weighted by atomic mass is 35.5. The molecule has 1 N–H and O–H groups in total. The van der Waals surface area contributed by atoms with Crippen molar-refractivity contribution < 1.29 is 9.84 Å². The summed E-state index contributed by atoms with van der Waals surface area (Å²) in [6.07, 6.45) is 0. The van der Waals surface area contributed by atoms with Gasteiger partial charge in [-0.3, -0.25) is 0 Å². The van der Waals surface area contributed by atoms with Gasteiger partial charge in [0.1, 0.15) is 11.6 Å². The molecule has 7 heteroatoms. The normalized spacial score (nSPS) is 10.2. The summed E-state index contributed by atoms with van der Waals surface area (Å²) in [6, 6.07) is -0.00606. The third kappa shape index (κ3) is 2.84. The second-order valence-corrected chi connectivity index (χ2v) is 3.07. The van der Waals surface area contributed by atoms with E-state index in [-0.39, 0.29) is 34.6 Å². The van der Waals surface area contributed by atoms with Gasteiger partial charge < -0.3 is 9.84 Å². The van der Waals surface area contributed by atoms with E-state index < -0.39 is 0 Å². The van der Waals surface area contributed by atoms with Crippen molar-refractivity contribution in [3.63, 3.8) is 0 Å². The summed E-state index contributed by atoms with van der Waals surface area (Å²) in [4.78, 5) is 7.35. The molecule has 0 radical (unpaired) electrons. The van der Waals surface area contributed by atoms with Crippen LogP contribution in [-0.2, 0) is 0 Å². The van der Waals surface area contributed by atoms with Crippen molar-refractivity contribution in [2.45, 2.75) is 0 Å². The van der Waals surface area contributed by atoms with Gasteiger partial charge in [-0.25, -0.2) is 0 Å². The first kappa shape index (κ1) is 10.8. The average molecular weight is 243 g/mol. The Morgan fingerprint density at radius 3 is 2.15 bits per heavy atom.